The molecule has 2 aromatic heterocycles. The van der Waals surface area contributed by atoms with Crippen LogP contribution in [0.2, 0.25) is 0 Å². The Balaban J connectivity index is 1.76. The third-order valence-electron chi connectivity index (χ3n) is 6.06. The van der Waals surface area contributed by atoms with Gasteiger partial charge in [0, 0.05) is 17.5 Å². The van der Waals surface area contributed by atoms with Gasteiger partial charge in [-0.15, -0.1) is 0 Å². The highest BCUT2D eigenvalue weighted by Crippen LogP contribution is 2.49. The van der Waals surface area contributed by atoms with Crippen LogP contribution in [-0.4, -0.2) is 20.5 Å². The van der Waals surface area contributed by atoms with Gasteiger partial charge in [0.2, 0.25) is 0 Å². The van der Waals surface area contributed by atoms with Crippen LogP contribution in [0.1, 0.15) is 51.3 Å². The van der Waals surface area contributed by atoms with Crippen LogP contribution in [0.25, 0.3) is 5.65 Å². The first kappa shape index (κ1) is 15.4. The van der Waals surface area contributed by atoms with Crippen molar-refractivity contribution in [1.29, 1.82) is 0 Å². The first-order valence-electron chi connectivity index (χ1n) is 9.02. The SMILES string of the molecule is Cc1nc2c3c(c(C(=O)O)cn2c1C)CCC1(CCc2ccccc21)O3. The van der Waals surface area contributed by atoms with E-state index in [9.17, 15) is 9.90 Å². The molecule has 1 aliphatic carbocycles. The number of fused-ring (bicyclic) bond motifs is 5. The van der Waals surface area contributed by atoms with Gasteiger partial charge in [0.05, 0.1) is 11.3 Å². The Morgan fingerprint density at radius 1 is 1.23 bits per heavy atom. The molecule has 5 rings (SSSR count). The van der Waals surface area contributed by atoms with Crippen molar-refractivity contribution in [3.63, 3.8) is 0 Å². The smallest absolute Gasteiger partial charge is 0.337 e. The number of hydrogen-bond acceptors (Lipinski definition) is 3. The van der Waals surface area contributed by atoms with E-state index in [0.29, 0.717) is 17.7 Å². The number of carbonyl (C=O) groups is 1. The zero-order valence-corrected chi connectivity index (χ0v) is 14.9. The molecule has 0 bridgehead atoms. The van der Waals surface area contributed by atoms with E-state index in [1.165, 1.54) is 11.1 Å². The fourth-order valence-electron chi connectivity index (χ4n) is 4.54. The molecule has 2 aliphatic rings. The van der Waals surface area contributed by atoms with E-state index in [-0.39, 0.29) is 5.60 Å². The number of imidazole rings is 1. The van der Waals surface area contributed by atoms with Crippen LogP contribution >= 0.6 is 0 Å². The number of rotatable bonds is 1. The first-order chi connectivity index (χ1) is 12.5. The summed E-state index contributed by atoms with van der Waals surface area (Å²) in [6, 6.07) is 8.43. The van der Waals surface area contributed by atoms with Crippen LogP contribution in [0.4, 0.5) is 0 Å². The maximum Gasteiger partial charge on any atom is 0.337 e. The normalized spacial score (nSPS) is 20.8. The summed E-state index contributed by atoms with van der Waals surface area (Å²) in [4.78, 5) is 16.5. The van der Waals surface area contributed by atoms with Gasteiger partial charge in [-0.1, -0.05) is 24.3 Å². The Kier molecular flexibility index (Phi) is 3.03. The van der Waals surface area contributed by atoms with Gasteiger partial charge in [0.15, 0.2) is 11.4 Å². The summed E-state index contributed by atoms with van der Waals surface area (Å²) in [5.41, 5.74) is 5.85. The number of benzene rings is 1. The van der Waals surface area contributed by atoms with Crippen molar-refractivity contribution >= 4 is 11.6 Å². The third kappa shape index (κ3) is 1.91. The Morgan fingerprint density at radius 3 is 2.81 bits per heavy atom. The lowest BCUT2D eigenvalue weighted by Gasteiger charge is -2.37. The minimum atomic E-state index is -0.916. The summed E-state index contributed by atoms with van der Waals surface area (Å²) in [6.07, 6.45) is 5.09. The van der Waals surface area contributed by atoms with Crippen molar-refractivity contribution in [2.75, 3.05) is 0 Å². The average Bonchev–Trinajstić information content (AvgIpc) is 3.13. The molecule has 3 aromatic rings. The van der Waals surface area contributed by atoms with Gasteiger partial charge < -0.3 is 14.2 Å². The number of hydrogen-bond donors (Lipinski definition) is 1. The van der Waals surface area contributed by atoms with Gasteiger partial charge in [0.1, 0.15) is 5.60 Å². The van der Waals surface area contributed by atoms with E-state index in [2.05, 4.69) is 29.2 Å². The number of carboxylic acids is 1. The number of aromatic nitrogens is 2. The molecule has 0 fully saturated rings. The van der Waals surface area contributed by atoms with Crippen molar-refractivity contribution in [2.45, 2.75) is 45.1 Å². The largest absolute Gasteiger partial charge is 0.478 e. The van der Waals surface area contributed by atoms with E-state index in [0.717, 1.165) is 41.9 Å². The van der Waals surface area contributed by atoms with Gasteiger partial charge in [-0.2, -0.15) is 0 Å². The van der Waals surface area contributed by atoms with E-state index in [1.54, 1.807) is 6.20 Å². The summed E-state index contributed by atoms with van der Waals surface area (Å²) in [5.74, 6) is -0.274. The van der Waals surface area contributed by atoms with Gasteiger partial charge >= 0.3 is 5.97 Å². The van der Waals surface area contributed by atoms with Crippen LogP contribution in [0.15, 0.2) is 30.5 Å². The molecular weight excluding hydrogens is 328 g/mol. The van der Waals surface area contributed by atoms with Crippen molar-refractivity contribution < 1.29 is 14.6 Å². The van der Waals surface area contributed by atoms with Gasteiger partial charge in [-0.25, -0.2) is 9.78 Å². The van der Waals surface area contributed by atoms with E-state index in [1.807, 2.05) is 18.2 Å². The lowest BCUT2D eigenvalue weighted by Crippen LogP contribution is -2.35. The lowest BCUT2D eigenvalue weighted by atomic mass is 9.85. The number of aromatic carboxylic acids is 1. The van der Waals surface area contributed by atoms with E-state index >= 15 is 0 Å². The summed E-state index contributed by atoms with van der Waals surface area (Å²) in [7, 11) is 0. The van der Waals surface area contributed by atoms with Crippen molar-refractivity contribution in [2.24, 2.45) is 0 Å². The lowest BCUT2D eigenvalue weighted by molar-refractivity contribution is 0.0444. The highest BCUT2D eigenvalue weighted by Gasteiger charge is 2.45. The molecular formula is C21H20N2O3. The molecule has 1 atom stereocenters. The van der Waals surface area contributed by atoms with Crippen LogP contribution < -0.4 is 4.74 Å². The topological polar surface area (TPSA) is 63.8 Å². The molecule has 1 aliphatic heterocycles. The molecule has 0 amide bonds. The Bertz CT molecular complexity index is 1080. The van der Waals surface area contributed by atoms with Gasteiger partial charge in [-0.3, -0.25) is 0 Å². The molecule has 3 heterocycles. The van der Waals surface area contributed by atoms with Crippen LogP contribution in [-0.2, 0) is 18.4 Å². The van der Waals surface area contributed by atoms with Crippen molar-refractivity contribution in [3.05, 3.63) is 64.1 Å². The molecule has 5 nitrogen and oxygen atoms in total. The molecule has 1 spiro atoms. The minimum absolute atomic E-state index is 0.314. The number of ether oxygens (including phenoxy) is 1. The van der Waals surface area contributed by atoms with E-state index < -0.39 is 5.97 Å². The number of pyridine rings is 1. The highest BCUT2D eigenvalue weighted by molar-refractivity contribution is 5.91. The molecule has 1 aromatic carbocycles. The first-order valence-corrected chi connectivity index (χ1v) is 9.02. The zero-order valence-electron chi connectivity index (χ0n) is 14.9. The summed E-state index contributed by atoms with van der Waals surface area (Å²) < 4.78 is 8.49. The predicted octanol–water partition coefficient (Wildman–Crippen LogP) is 3.82. The molecule has 5 heteroatoms. The fourth-order valence-corrected chi connectivity index (χ4v) is 4.54. The van der Waals surface area contributed by atoms with Crippen LogP contribution in [0, 0.1) is 13.8 Å². The van der Waals surface area contributed by atoms with Crippen molar-refractivity contribution in [3.8, 4) is 5.75 Å². The standard InChI is InChI=1S/C21H20N2O3/c1-12-13(2)23-11-16(20(24)25)15-8-10-21(26-18(15)19(23)22-12)9-7-14-5-3-4-6-17(14)21/h3-6,11H,7-10H2,1-2H3,(H,24,25). The summed E-state index contributed by atoms with van der Waals surface area (Å²) in [6.45, 7) is 3.90. The highest BCUT2D eigenvalue weighted by atomic mass is 16.5. The van der Waals surface area contributed by atoms with Gasteiger partial charge in [-0.05, 0) is 50.7 Å². The Labute approximate surface area is 151 Å². The van der Waals surface area contributed by atoms with Crippen molar-refractivity contribution in [1.82, 2.24) is 9.38 Å². The second-order valence-electron chi connectivity index (χ2n) is 7.39. The quantitative estimate of drug-likeness (QED) is 0.726. The number of carboxylic acid groups (broad SMARTS) is 1. The second-order valence-corrected chi connectivity index (χ2v) is 7.39. The number of nitrogens with zero attached hydrogens (tertiary/aromatic N) is 2. The van der Waals surface area contributed by atoms with E-state index in [4.69, 9.17) is 4.74 Å². The Hall–Kier alpha value is -2.82. The average molecular weight is 348 g/mol. The molecule has 132 valence electrons. The number of aryl methyl sites for hydroxylation is 3. The zero-order chi connectivity index (χ0) is 18.1. The molecule has 1 N–H and O–H groups in total. The maximum atomic E-state index is 11.9. The third-order valence-corrected chi connectivity index (χ3v) is 6.06. The molecule has 26 heavy (non-hydrogen) atoms. The fraction of sp³-hybridized carbons (Fsp3) is 0.333. The summed E-state index contributed by atoms with van der Waals surface area (Å²) in [5, 5.41) is 9.72. The van der Waals surface area contributed by atoms with Crippen LogP contribution in [0.3, 0.4) is 0 Å². The molecule has 1 unspecified atom stereocenters. The minimum Gasteiger partial charge on any atom is -0.478 e. The van der Waals surface area contributed by atoms with Gasteiger partial charge in [0.25, 0.3) is 0 Å². The Morgan fingerprint density at radius 2 is 2.00 bits per heavy atom. The second kappa shape index (κ2) is 5.10. The molecule has 0 saturated heterocycles. The summed E-state index contributed by atoms with van der Waals surface area (Å²) >= 11 is 0. The monoisotopic (exact) mass is 348 g/mol. The molecule has 0 radical (unpaired) electrons. The maximum absolute atomic E-state index is 11.9. The van der Waals surface area contributed by atoms with Crippen LogP contribution in [0.5, 0.6) is 5.75 Å². The molecule has 0 saturated carbocycles. The predicted molar refractivity (Wildman–Crippen MR) is 97.0 cm³/mol.